The van der Waals surface area contributed by atoms with E-state index in [1.165, 1.54) is 0 Å². The number of carboxylic acid groups (broad SMARTS) is 1. The molecule has 3 N–H and O–H groups in total. The number of fused-ring (bicyclic) bond motifs is 2. The molecule has 1 saturated carbocycles. The maximum atomic E-state index is 11.5. The van der Waals surface area contributed by atoms with Crippen LogP contribution in [-0.2, 0) is 4.79 Å². The van der Waals surface area contributed by atoms with Crippen LogP contribution in [0.4, 0.5) is 5.69 Å². The van der Waals surface area contributed by atoms with Gasteiger partial charge in [-0.1, -0.05) is 12.5 Å². The second-order valence-corrected chi connectivity index (χ2v) is 4.93. The molecule has 3 rings (SSSR count). The maximum Gasteiger partial charge on any atom is 0.311 e. The van der Waals surface area contributed by atoms with Gasteiger partial charge in [0.25, 0.3) is 0 Å². The standard InChI is InChI=1S/C13H15NO3/c15-7-4-5-9-11(6-7)14-10-3-1-2-8(10)12(9)13(16)17/h4-6,8,10,12,14-15H,1-3H2,(H,16,17). The Kier molecular flexibility index (Phi) is 2.24. The lowest BCUT2D eigenvalue weighted by molar-refractivity contribution is -0.140. The summed E-state index contributed by atoms with van der Waals surface area (Å²) in [5.74, 6) is -0.823. The minimum absolute atomic E-state index is 0.178. The van der Waals surface area contributed by atoms with Crippen molar-refractivity contribution in [2.45, 2.75) is 31.2 Å². The molecule has 0 saturated heterocycles. The van der Waals surface area contributed by atoms with Crippen molar-refractivity contribution in [3.05, 3.63) is 23.8 Å². The van der Waals surface area contributed by atoms with Gasteiger partial charge < -0.3 is 15.5 Å². The number of carbonyl (C=O) groups is 1. The molecule has 2 aliphatic rings. The van der Waals surface area contributed by atoms with Crippen LogP contribution in [0.5, 0.6) is 5.75 Å². The van der Waals surface area contributed by atoms with Crippen LogP contribution in [0.1, 0.15) is 30.7 Å². The molecule has 0 spiro atoms. The quantitative estimate of drug-likeness (QED) is 0.695. The summed E-state index contributed by atoms with van der Waals surface area (Å²) in [7, 11) is 0. The first-order valence-electron chi connectivity index (χ1n) is 5.99. The minimum atomic E-state index is -0.754. The molecule has 90 valence electrons. The molecule has 17 heavy (non-hydrogen) atoms. The van der Waals surface area contributed by atoms with Crippen molar-refractivity contribution >= 4 is 11.7 Å². The number of carboxylic acids is 1. The van der Waals surface area contributed by atoms with Crippen LogP contribution in [-0.4, -0.2) is 22.2 Å². The summed E-state index contributed by atoms with van der Waals surface area (Å²) in [5, 5.41) is 22.2. The van der Waals surface area contributed by atoms with Gasteiger partial charge in [0, 0.05) is 17.8 Å². The van der Waals surface area contributed by atoms with Crippen molar-refractivity contribution in [2.75, 3.05) is 5.32 Å². The lowest BCUT2D eigenvalue weighted by Crippen LogP contribution is -2.37. The van der Waals surface area contributed by atoms with E-state index < -0.39 is 11.9 Å². The molecular weight excluding hydrogens is 218 g/mol. The molecule has 1 fully saturated rings. The van der Waals surface area contributed by atoms with E-state index in [1.807, 2.05) is 0 Å². The average Bonchev–Trinajstić information content (AvgIpc) is 2.72. The molecule has 4 nitrogen and oxygen atoms in total. The van der Waals surface area contributed by atoms with Crippen LogP contribution in [0.2, 0.25) is 0 Å². The number of nitrogens with one attached hydrogen (secondary N) is 1. The molecule has 0 aromatic heterocycles. The van der Waals surface area contributed by atoms with Crippen molar-refractivity contribution in [1.29, 1.82) is 0 Å². The fourth-order valence-corrected chi connectivity index (χ4v) is 3.25. The first-order valence-corrected chi connectivity index (χ1v) is 5.99. The molecule has 4 heteroatoms. The molecule has 0 amide bonds. The van der Waals surface area contributed by atoms with Crippen molar-refractivity contribution in [3.63, 3.8) is 0 Å². The van der Waals surface area contributed by atoms with Gasteiger partial charge in [-0.2, -0.15) is 0 Å². The smallest absolute Gasteiger partial charge is 0.311 e. The number of hydrogen-bond donors (Lipinski definition) is 3. The number of anilines is 1. The lowest BCUT2D eigenvalue weighted by Gasteiger charge is -2.34. The first kappa shape index (κ1) is 10.4. The normalized spacial score (nSPS) is 30.2. The molecule has 1 aromatic rings. The molecule has 3 atom stereocenters. The number of aromatic hydroxyl groups is 1. The molecular formula is C13H15NO3. The predicted molar refractivity (Wildman–Crippen MR) is 63.2 cm³/mol. The predicted octanol–water partition coefficient (Wildman–Crippen LogP) is 2.15. The number of benzene rings is 1. The summed E-state index contributed by atoms with van der Waals surface area (Å²) >= 11 is 0. The Morgan fingerprint density at radius 2 is 2.18 bits per heavy atom. The number of rotatable bonds is 1. The van der Waals surface area contributed by atoms with Gasteiger partial charge in [-0.25, -0.2) is 0 Å². The highest BCUT2D eigenvalue weighted by molar-refractivity contribution is 5.81. The molecule has 0 radical (unpaired) electrons. The fraction of sp³-hybridized carbons (Fsp3) is 0.462. The Hall–Kier alpha value is -1.71. The highest BCUT2D eigenvalue weighted by Crippen LogP contribution is 2.46. The van der Waals surface area contributed by atoms with Crippen molar-refractivity contribution < 1.29 is 15.0 Å². The van der Waals surface area contributed by atoms with Gasteiger partial charge in [-0.15, -0.1) is 0 Å². The van der Waals surface area contributed by atoms with E-state index in [0.29, 0.717) is 0 Å². The molecule has 1 heterocycles. The van der Waals surface area contributed by atoms with Crippen LogP contribution in [0, 0.1) is 5.92 Å². The average molecular weight is 233 g/mol. The minimum Gasteiger partial charge on any atom is -0.508 e. The monoisotopic (exact) mass is 233 g/mol. The Bertz CT molecular complexity index is 472. The van der Waals surface area contributed by atoms with Gasteiger partial charge in [0.15, 0.2) is 0 Å². The van der Waals surface area contributed by atoms with E-state index in [0.717, 1.165) is 30.5 Å². The van der Waals surface area contributed by atoms with Crippen LogP contribution < -0.4 is 5.32 Å². The number of phenols is 1. The topological polar surface area (TPSA) is 69.6 Å². The highest BCUT2D eigenvalue weighted by Gasteiger charge is 2.43. The Morgan fingerprint density at radius 3 is 2.94 bits per heavy atom. The van der Waals surface area contributed by atoms with Crippen molar-refractivity contribution in [2.24, 2.45) is 5.92 Å². The van der Waals surface area contributed by atoms with E-state index in [-0.39, 0.29) is 17.7 Å². The number of hydrogen-bond acceptors (Lipinski definition) is 3. The van der Waals surface area contributed by atoms with Crippen LogP contribution in [0.3, 0.4) is 0 Å². The van der Waals surface area contributed by atoms with Crippen LogP contribution in [0.25, 0.3) is 0 Å². The summed E-state index contributed by atoms with van der Waals surface area (Å²) in [6.07, 6.45) is 3.06. The van der Waals surface area contributed by atoms with Gasteiger partial charge in [0.1, 0.15) is 5.75 Å². The summed E-state index contributed by atoms with van der Waals surface area (Å²) in [6.45, 7) is 0. The summed E-state index contributed by atoms with van der Waals surface area (Å²) in [4.78, 5) is 11.5. The van der Waals surface area contributed by atoms with Crippen LogP contribution in [0.15, 0.2) is 18.2 Å². The molecule has 1 aliphatic carbocycles. The third-order valence-electron chi connectivity index (χ3n) is 3.98. The van der Waals surface area contributed by atoms with Gasteiger partial charge >= 0.3 is 5.97 Å². The van der Waals surface area contributed by atoms with E-state index in [1.54, 1.807) is 18.2 Å². The zero-order chi connectivity index (χ0) is 12.0. The van der Waals surface area contributed by atoms with Gasteiger partial charge in [-0.3, -0.25) is 4.79 Å². The molecule has 0 bridgehead atoms. The number of aliphatic carboxylic acids is 1. The van der Waals surface area contributed by atoms with Crippen molar-refractivity contribution in [1.82, 2.24) is 0 Å². The second-order valence-electron chi connectivity index (χ2n) is 4.93. The highest BCUT2D eigenvalue weighted by atomic mass is 16.4. The van der Waals surface area contributed by atoms with Crippen LogP contribution >= 0.6 is 0 Å². The fourth-order valence-electron chi connectivity index (χ4n) is 3.25. The third kappa shape index (κ3) is 1.55. The van der Waals surface area contributed by atoms with E-state index in [2.05, 4.69) is 5.32 Å². The summed E-state index contributed by atoms with van der Waals surface area (Å²) in [5.41, 5.74) is 1.58. The molecule has 1 aliphatic heterocycles. The Balaban J connectivity index is 2.09. The molecule has 3 unspecified atom stereocenters. The number of phenolic OH excluding ortho intramolecular Hbond substituents is 1. The van der Waals surface area contributed by atoms with Gasteiger partial charge in [0.2, 0.25) is 0 Å². The zero-order valence-corrected chi connectivity index (χ0v) is 9.39. The van der Waals surface area contributed by atoms with E-state index in [4.69, 9.17) is 0 Å². The second kappa shape index (κ2) is 3.65. The Labute approximate surface area is 99.3 Å². The summed E-state index contributed by atoms with van der Waals surface area (Å²) in [6, 6.07) is 5.15. The van der Waals surface area contributed by atoms with Crippen molar-refractivity contribution in [3.8, 4) is 5.75 Å². The zero-order valence-electron chi connectivity index (χ0n) is 9.39. The largest absolute Gasteiger partial charge is 0.508 e. The first-order chi connectivity index (χ1) is 8.16. The maximum absolute atomic E-state index is 11.5. The SMILES string of the molecule is O=C(O)C1c2ccc(O)cc2NC2CCCC21. The lowest BCUT2D eigenvalue weighted by atomic mass is 9.79. The Morgan fingerprint density at radius 1 is 1.35 bits per heavy atom. The van der Waals surface area contributed by atoms with E-state index in [9.17, 15) is 15.0 Å². The summed E-state index contributed by atoms with van der Waals surface area (Å²) < 4.78 is 0. The third-order valence-corrected chi connectivity index (χ3v) is 3.98. The molecule has 1 aromatic carbocycles. The van der Waals surface area contributed by atoms with Gasteiger partial charge in [-0.05, 0) is 30.4 Å². The van der Waals surface area contributed by atoms with E-state index >= 15 is 0 Å². The van der Waals surface area contributed by atoms with Gasteiger partial charge in [0.05, 0.1) is 5.92 Å².